The van der Waals surface area contributed by atoms with Gasteiger partial charge in [0, 0.05) is 22.6 Å². The number of aromatic hydroxyl groups is 1. The highest BCUT2D eigenvalue weighted by Gasteiger charge is 2.42. The summed E-state index contributed by atoms with van der Waals surface area (Å²) in [6.07, 6.45) is 2.92. The highest BCUT2D eigenvalue weighted by molar-refractivity contribution is 7.98. The third-order valence-electron chi connectivity index (χ3n) is 5.46. The van der Waals surface area contributed by atoms with E-state index in [1.807, 2.05) is 31.1 Å². The fourth-order valence-corrected chi connectivity index (χ4v) is 4.65. The molecule has 1 atom stereocenters. The highest BCUT2D eigenvalue weighted by atomic mass is 32.2. The Morgan fingerprint density at radius 1 is 1.21 bits per heavy atom. The molecule has 0 aliphatic carbocycles. The van der Waals surface area contributed by atoms with Gasteiger partial charge in [0.25, 0.3) is 5.91 Å². The first kappa shape index (κ1) is 19.6. The number of amides is 1. The molecule has 0 bridgehead atoms. The first-order valence-electron chi connectivity index (χ1n) is 9.80. The molecule has 150 valence electrons. The topological polar surface area (TPSA) is 69.2 Å². The Labute approximate surface area is 175 Å². The fraction of sp³-hybridized carbons (Fsp3) is 0.304. The van der Waals surface area contributed by atoms with Crippen LogP contribution in [0.1, 0.15) is 52.1 Å². The number of aromatic nitrogens is 2. The number of hydrogen-bond donors (Lipinski definition) is 2. The molecule has 0 spiro atoms. The summed E-state index contributed by atoms with van der Waals surface area (Å²) >= 11 is 1.69. The van der Waals surface area contributed by atoms with E-state index in [-0.39, 0.29) is 17.7 Å². The van der Waals surface area contributed by atoms with Crippen LogP contribution < -0.4 is 0 Å². The Kier molecular flexibility index (Phi) is 5.13. The van der Waals surface area contributed by atoms with Crippen LogP contribution in [0.25, 0.3) is 11.3 Å². The number of benzene rings is 2. The molecule has 1 aliphatic rings. The minimum absolute atomic E-state index is 0.0382. The first-order chi connectivity index (χ1) is 14.0. The van der Waals surface area contributed by atoms with Gasteiger partial charge in [0.2, 0.25) is 0 Å². The van der Waals surface area contributed by atoms with Gasteiger partial charge in [0.1, 0.15) is 17.1 Å². The lowest BCUT2D eigenvalue weighted by atomic mass is 9.93. The van der Waals surface area contributed by atoms with Gasteiger partial charge in [-0.05, 0) is 61.4 Å². The van der Waals surface area contributed by atoms with Crippen molar-refractivity contribution in [3.8, 4) is 17.0 Å². The van der Waals surface area contributed by atoms with Gasteiger partial charge < -0.3 is 10.0 Å². The van der Waals surface area contributed by atoms with Gasteiger partial charge in [-0.25, -0.2) is 0 Å². The number of phenols is 1. The Balaban J connectivity index is 1.91. The molecule has 2 aromatic carbocycles. The van der Waals surface area contributed by atoms with Crippen LogP contribution >= 0.6 is 11.8 Å². The van der Waals surface area contributed by atoms with E-state index in [0.717, 1.165) is 28.7 Å². The third-order valence-corrected chi connectivity index (χ3v) is 6.20. The molecule has 1 unspecified atom stereocenters. The molecule has 0 radical (unpaired) electrons. The minimum atomic E-state index is -0.220. The van der Waals surface area contributed by atoms with E-state index in [9.17, 15) is 9.90 Å². The summed E-state index contributed by atoms with van der Waals surface area (Å²) in [4.78, 5) is 16.2. The minimum Gasteiger partial charge on any atom is -0.507 e. The summed E-state index contributed by atoms with van der Waals surface area (Å²) in [6, 6.07) is 11.9. The predicted octanol–water partition coefficient (Wildman–Crippen LogP) is 5.08. The Bertz CT molecular complexity index is 1050. The maximum atomic E-state index is 13.2. The number of fused-ring (bicyclic) bond motifs is 1. The van der Waals surface area contributed by atoms with E-state index in [1.165, 1.54) is 4.90 Å². The molecule has 2 N–H and O–H groups in total. The van der Waals surface area contributed by atoms with Crippen LogP contribution in [-0.2, 0) is 0 Å². The van der Waals surface area contributed by atoms with Crippen LogP contribution in [0, 0.1) is 13.8 Å². The highest BCUT2D eigenvalue weighted by Crippen LogP contribution is 2.45. The van der Waals surface area contributed by atoms with E-state index in [4.69, 9.17) is 0 Å². The summed E-state index contributed by atoms with van der Waals surface area (Å²) in [7, 11) is 0. The van der Waals surface area contributed by atoms with Crippen LogP contribution in [0.2, 0.25) is 0 Å². The smallest absolute Gasteiger partial charge is 0.273 e. The molecular weight excluding hydrogens is 382 g/mol. The van der Waals surface area contributed by atoms with Crippen LogP contribution in [-0.4, -0.2) is 38.9 Å². The van der Waals surface area contributed by atoms with Crippen LogP contribution in [0.15, 0.2) is 41.3 Å². The summed E-state index contributed by atoms with van der Waals surface area (Å²) in [5.74, 6) is 0.151. The van der Waals surface area contributed by atoms with Crippen molar-refractivity contribution < 1.29 is 9.90 Å². The van der Waals surface area contributed by atoms with Gasteiger partial charge in [0.05, 0.1) is 6.04 Å². The van der Waals surface area contributed by atoms with Crippen molar-refractivity contribution in [3.05, 3.63) is 64.3 Å². The molecule has 4 rings (SSSR count). The van der Waals surface area contributed by atoms with Gasteiger partial charge in [-0.1, -0.05) is 25.1 Å². The molecule has 29 heavy (non-hydrogen) atoms. The lowest BCUT2D eigenvalue weighted by Crippen LogP contribution is -2.30. The fourth-order valence-electron chi connectivity index (χ4n) is 4.24. The van der Waals surface area contributed by atoms with Gasteiger partial charge in [0.15, 0.2) is 0 Å². The van der Waals surface area contributed by atoms with E-state index in [2.05, 4.69) is 41.4 Å². The second kappa shape index (κ2) is 7.59. The number of nitrogens with one attached hydrogen (secondary N) is 1. The van der Waals surface area contributed by atoms with Gasteiger partial charge in [-0.2, -0.15) is 5.10 Å². The SMILES string of the molecule is CCCN1C(=O)c2[nH]nc(-c3c(C)cc(C)cc3O)c2C1c1ccc(SC)cc1. The second-order valence-electron chi connectivity index (χ2n) is 7.51. The monoisotopic (exact) mass is 407 g/mol. The number of carbonyl (C=O) groups is 1. The number of carbonyl (C=O) groups excluding carboxylic acids is 1. The van der Waals surface area contributed by atoms with E-state index < -0.39 is 0 Å². The molecule has 6 heteroatoms. The van der Waals surface area contributed by atoms with Gasteiger partial charge in [-0.15, -0.1) is 11.8 Å². The molecule has 1 amide bonds. The zero-order valence-electron chi connectivity index (χ0n) is 17.1. The summed E-state index contributed by atoms with van der Waals surface area (Å²) in [5, 5.41) is 18.1. The predicted molar refractivity (Wildman–Crippen MR) is 117 cm³/mol. The molecule has 5 nitrogen and oxygen atoms in total. The van der Waals surface area contributed by atoms with Crippen molar-refractivity contribution in [3.63, 3.8) is 0 Å². The average Bonchev–Trinajstić information content (AvgIpc) is 3.22. The van der Waals surface area contributed by atoms with E-state index >= 15 is 0 Å². The summed E-state index contributed by atoms with van der Waals surface area (Å²) < 4.78 is 0. The number of hydrogen-bond acceptors (Lipinski definition) is 4. The van der Waals surface area contributed by atoms with E-state index in [0.29, 0.717) is 23.5 Å². The molecule has 2 heterocycles. The number of H-pyrrole nitrogens is 1. The number of rotatable bonds is 5. The Morgan fingerprint density at radius 3 is 2.55 bits per heavy atom. The van der Waals surface area contributed by atoms with Gasteiger partial charge >= 0.3 is 0 Å². The first-order valence-corrected chi connectivity index (χ1v) is 11.0. The van der Waals surface area contributed by atoms with Gasteiger partial charge in [-0.3, -0.25) is 9.89 Å². The molecular formula is C23H25N3O2S. The second-order valence-corrected chi connectivity index (χ2v) is 8.39. The lowest BCUT2D eigenvalue weighted by molar-refractivity contribution is 0.0744. The van der Waals surface area contributed by atoms with Crippen molar-refractivity contribution in [2.24, 2.45) is 0 Å². The zero-order valence-corrected chi connectivity index (χ0v) is 17.9. The Morgan fingerprint density at radius 2 is 1.93 bits per heavy atom. The van der Waals surface area contributed by atoms with Crippen LogP contribution in [0.5, 0.6) is 5.75 Å². The lowest BCUT2D eigenvalue weighted by Gasteiger charge is -2.26. The molecule has 0 saturated carbocycles. The summed E-state index contributed by atoms with van der Waals surface area (Å²) in [6.45, 7) is 6.65. The molecule has 1 aliphatic heterocycles. The normalized spacial score (nSPS) is 15.8. The van der Waals surface area contributed by atoms with Crippen molar-refractivity contribution in [2.75, 3.05) is 12.8 Å². The van der Waals surface area contributed by atoms with Crippen molar-refractivity contribution in [2.45, 2.75) is 38.1 Å². The number of phenolic OH excluding ortho intramolecular Hbond substituents is 1. The quantitative estimate of drug-likeness (QED) is 0.579. The maximum Gasteiger partial charge on any atom is 0.273 e. The largest absolute Gasteiger partial charge is 0.507 e. The maximum absolute atomic E-state index is 13.2. The van der Waals surface area contributed by atoms with Crippen molar-refractivity contribution in [1.29, 1.82) is 0 Å². The number of thioether (sulfide) groups is 1. The number of aryl methyl sites for hydroxylation is 2. The zero-order chi connectivity index (χ0) is 20.7. The van der Waals surface area contributed by atoms with Crippen molar-refractivity contribution in [1.82, 2.24) is 15.1 Å². The molecule has 0 saturated heterocycles. The summed E-state index contributed by atoms with van der Waals surface area (Å²) in [5.41, 5.74) is 5.69. The van der Waals surface area contributed by atoms with Crippen LogP contribution in [0.4, 0.5) is 0 Å². The van der Waals surface area contributed by atoms with Crippen molar-refractivity contribution >= 4 is 17.7 Å². The number of aromatic amines is 1. The number of nitrogens with zero attached hydrogens (tertiary/aromatic N) is 2. The standard InChI is InChI=1S/C23H25N3O2S/c1-5-10-26-22(15-6-8-16(29-4)9-7-15)19-20(24-25-21(19)23(26)28)18-14(3)11-13(2)12-17(18)27/h6-9,11-12,22,27H,5,10H2,1-4H3,(H,24,25). The molecule has 3 aromatic rings. The van der Waals surface area contributed by atoms with Crippen LogP contribution in [0.3, 0.4) is 0 Å². The van der Waals surface area contributed by atoms with E-state index in [1.54, 1.807) is 17.8 Å². The average molecular weight is 408 g/mol. The third kappa shape index (κ3) is 3.21. The molecule has 0 fully saturated rings. The molecule has 1 aromatic heterocycles. The Hall–Kier alpha value is -2.73.